The summed E-state index contributed by atoms with van der Waals surface area (Å²) < 4.78 is 0. The summed E-state index contributed by atoms with van der Waals surface area (Å²) in [4.78, 5) is 14.0. The van der Waals surface area contributed by atoms with Gasteiger partial charge in [0.05, 0.1) is 0 Å². The van der Waals surface area contributed by atoms with Gasteiger partial charge in [-0.3, -0.25) is 4.79 Å². The van der Waals surface area contributed by atoms with Gasteiger partial charge in [-0.05, 0) is 80.1 Å². The quantitative estimate of drug-likeness (QED) is 0.850. The Morgan fingerprint density at radius 1 is 1.07 bits per heavy atom. The molecule has 0 radical (unpaired) electrons. The number of aryl methyl sites for hydroxylation is 1. The Morgan fingerprint density at radius 2 is 1.79 bits per heavy atom. The zero-order chi connectivity index (χ0) is 19.5. The number of benzene rings is 2. The average molecular weight is 378 g/mol. The Labute approximate surface area is 168 Å². The fourth-order valence-corrected chi connectivity index (χ4v) is 4.51. The summed E-state index contributed by atoms with van der Waals surface area (Å²) in [6.07, 6.45) is 4.48. The number of rotatable bonds is 4. The number of amides is 1. The molecule has 28 heavy (non-hydrogen) atoms. The molecule has 1 fully saturated rings. The second-order valence-corrected chi connectivity index (χ2v) is 8.22. The van der Waals surface area contributed by atoms with Crippen molar-refractivity contribution < 1.29 is 4.79 Å². The van der Waals surface area contributed by atoms with E-state index in [1.54, 1.807) is 6.92 Å². The number of hydrogen-bond donors (Lipinski definition) is 2. The molecule has 0 aliphatic carbocycles. The Bertz CT molecular complexity index is 824. The number of carbonyl (C=O) groups is 1. The van der Waals surface area contributed by atoms with Gasteiger partial charge in [0.25, 0.3) is 0 Å². The predicted octanol–water partition coefficient (Wildman–Crippen LogP) is 3.88. The van der Waals surface area contributed by atoms with Gasteiger partial charge < -0.3 is 15.5 Å². The van der Waals surface area contributed by atoms with Gasteiger partial charge in [-0.15, -0.1) is 0 Å². The van der Waals surface area contributed by atoms with Crippen LogP contribution in [0.2, 0.25) is 0 Å². The van der Waals surface area contributed by atoms with Gasteiger partial charge in [0.1, 0.15) is 0 Å². The van der Waals surface area contributed by atoms with Crippen molar-refractivity contribution in [2.24, 2.45) is 0 Å². The van der Waals surface area contributed by atoms with Crippen molar-refractivity contribution in [3.8, 4) is 11.1 Å². The maximum atomic E-state index is 12.1. The molecule has 4 heteroatoms. The molecular weight excluding hydrogens is 346 g/mol. The zero-order valence-corrected chi connectivity index (χ0v) is 17.0. The summed E-state index contributed by atoms with van der Waals surface area (Å²) in [5, 5.41) is 7.09. The summed E-state index contributed by atoms with van der Waals surface area (Å²) >= 11 is 0. The van der Waals surface area contributed by atoms with E-state index in [4.69, 9.17) is 0 Å². The van der Waals surface area contributed by atoms with E-state index >= 15 is 0 Å². The van der Waals surface area contributed by atoms with Crippen molar-refractivity contribution in [1.82, 2.24) is 10.6 Å². The average Bonchev–Trinajstić information content (AvgIpc) is 2.72. The van der Waals surface area contributed by atoms with Crippen molar-refractivity contribution in [3.63, 3.8) is 0 Å². The number of piperidine rings is 1. The molecule has 1 amide bonds. The highest BCUT2D eigenvalue weighted by Crippen LogP contribution is 2.34. The molecule has 0 spiro atoms. The Hall–Kier alpha value is -2.17. The first kappa shape index (κ1) is 19.2. The van der Waals surface area contributed by atoms with Crippen LogP contribution in [0.25, 0.3) is 11.1 Å². The first-order valence-electron chi connectivity index (χ1n) is 10.6. The number of nitrogens with zero attached hydrogens (tertiary/aromatic N) is 1. The third kappa shape index (κ3) is 4.13. The lowest BCUT2D eigenvalue weighted by atomic mass is 9.93. The lowest BCUT2D eigenvalue weighted by Gasteiger charge is -2.34. The molecule has 2 heterocycles. The van der Waals surface area contributed by atoms with E-state index in [1.807, 2.05) is 4.90 Å². The molecule has 4 rings (SSSR count). The van der Waals surface area contributed by atoms with E-state index in [0.29, 0.717) is 6.04 Å². The van der Waals surface area contributed by atoms with Crippen LogP contribution in [-0.2, 0) is 17.8 Å². The molecule has 2 aliphatic heterocycles. The molecule has 0 unspecified atom stereocenters. The monoisotopic (exact) mass is 377 g/mol. The standard InChI is InChI=1S/C24H31N3O/c1-17-3-6-22-15-21(9-10-24(22)27(17)18(2)28)20-7-4-19(5-8-20)16-26-23-11-13-25-14-12-23/h4-5,7-10,15,17,23,25-26H,3,6,11-14,16H2,1-2H3/t17-/m0/s1. The molecule has 148 valence electrons. The first-order chi connectivity index (χ1) is 13.6. The minimum absolute atomic E-state index is 0.131. The third-order valence-corrected chi connectivity index (χ3v) is 6.17. The minimum Gasteiger partial charge on any atom is -0.317 e. The Balaban J connectivity index is 1.46. The third-order valence-electron chi connectivity index (χ3n) is 6.17. The second-order valence-electron chi connectivity index (χ2n) is 8.22. The Morgan fingerprint density at radius 3 is 2.50 bits per heavy atom. The van der Waals surface area contributed by atoms with E-state index in [9.17, 15) is 4.79 Å². The van der Waals surface area contributed by atoms with Gasteiger partial charge in [0.15, 0.2) is 0 Å². The van der Waals surface area contributed by atoms with Crippen LogP contribution in [0, 0.1) is 0 Å². The van der Waals surface area contributed by atoms with E-state index in [2.05, 4.69) is 60.0 Å². The maximum absolute atomic E-state index is 12.1. The van der Waals surface area contributed by atoms with Crippen LogP contribution in [-0.4, -0.2) is 31.1 Å². The van der Waals surface area contributed by atoms with Crippen LogP contribution < -0.4 is 15.5 Å². The molecule has 0 saturated carbocycles. The highest BCUT2D eigenvalue weighted by atomic mass is 16.2. The van der Waals surface area contributed by atoms with Crippen molar-refractivity contribution in [3.05, 3.63) is 53.6 Å². The van der Waals surface area contributed by atoms with Gasteiger partial charge in [-0.2, -0.15) is 0 Å². The number of nitrogens with one attached hydrogen (secondary N) is 2. The lowest BCUT2D eigenvalue weighted by molar-refractivity contribution is -0.117. The van der Waals surface area contributed by atoms with E-state index in [0.717, 1.165) is 38.2 Å². The Kier molecular flexibility index (Phi) is 5.79. The number of fused-ring (bicyclic) bond motifs is 1. The van der Waals surface area contributed by atoms with Gasteiger partial charge in [-0.1, -0.05) is 30.3 Å². The number of anilines is 1. The van der Waals surface area contributed by atoms with Crippen molar-refractivity contribution >= 4 is 11.6 Å². The van der Waals surface area contributed by atoms with Crippen LogP contribution in [0.5, 0.6) is 0 Å². The highest BCUT2D eigenvalue weighted by molar-refractivity contribution is 5.94. The topological polar surface area (TPSA) is 44.4 Å². The molecule has 1 saturated heterocycles. The smallest absolute Gasteiger partial charge is 0.224 e. The van der Waals surface area contributed by atoms with Gasteiger partial charge in [0.2, 0.25) is 5.91 Å². The van der Waals surface area contributed by atoms with Crippen LogP contribution in [0.3, 0.4) is 0 Å². The minimum atomic E-state index is 0.131. The van der Waals surface area contributed by atoms with Crippen molar-refractivity contribution in [1.29, 1.82) is 0 Å². The SMILES string of the molecule is CC(=O)N1c2ccc(-c3ccc(CNC4CCNCC4)cc3)cc2CC[C@@H]1C. The van der Waals surface area contributed by atoms with E-state index < -0.39 is 0 Å². The first-order valence-corrected chi connectivity index (χ1v) is 10.6. The van der Waals surface area contributed by atoms with E-state index in [-0.39, 0.29) is 11.9 Å². The van der Waals surface area contributed by atoms with Crippen molar-refractivity contribution in [2.75, 3.05) is 18.0 Å². The molecule has 2 aromatic carbocycles. The molecule has 2 aromatic rings. The molecule has 2 N–H and O–H groups in total. The van der Waals surface area contributed by atoms with Crippen LogP contribution >= 0.6 is 0 Å². The second kappa shape index (κ2) is 8.46. The maximum Gasteiger partial charge on any atom is 0.224 e. The molecule has 1 atom stereocenters. The molecule has 2 aliphatic rings. The molecule has 0 bridgehead atoms. The number of carbonyl (C=O) groups excluding carboxylic acids is 1. The van der Waals surface area contributed by atoms with Crippen LogP contribution in [0.15, 0.2) is 42.5 Å². The summed E-state index contributed by atoms with van der Waals surface area (Å²) in [6.45, 7) is 6.97. The molecule has 4 nitrogen and oxygen atoms in total. The van der Waals surface area contributed by atoms with E-state index in [1.165, 1.54) is 35.1 Å². The van der Waals surface area contributed by atoms with Gasteiger partial charge in [0, 0.05) is 31.2 Å². The van der Waals surface area contributed by atoms with Crippen molar-refractivity contribution in [2.45, 2.75) is 58.2 Å². The fourth-order valence-electron chi connectivity index (χ4n) is 4.51. The van der Waals surface area contributed by atoms with Gasteiger partial charge in [-0.25, -0.2) is 0 Å². The summed E-state index contributed by atoms with van der Waals surface area (Å²) in [7, 11) is 0. The normalized spacial score (nSPS) is 20.1. The highest BCUT2D eigenvalue weighted by Gasteiger charge is 2.26. The summed E-state index contributed by atoms with van der Waals surface area (Å²) in [6, 6.07) is 16.3. The predicted molar refractivity (Wildman–Crippen MR) is 116 cm³/mol. The zero-order valence-electron chi connectivity index (χ0n) is 17.0. The van der Waals surface area contributed by atoms with Crippen LogP contribution in [0.1, 0.15) is 44.2 Å². The summed E-state index contributed by atoms with van der Waals surface area (Å²) in [5.41, 5.74) is 6.16. The number of hydrogen-bond acceptors (Lipinski definition) is 3. The lowest BCUT2D eigenvalue weighted by Crippen LogP contribution is -2.40. The molecule has 0 aromatic heterocycles. The van der Waals surface area contributed by atoms with Gasteiger partial charge >= 0.3 is 0 Å². The largest absolute Gasteiger partial charge is 0.317 e. The fraction of sp³-hybridized carbons (Fsp3) is 0.458. The van der Waals surface area contributed by atoms with Crippen LogP contribution in [0.4, 0.5) is 5.69 Å². The summed E-state index contributed by atoms with van der Waals surface area (Å²) in [5.74, 6) is 0.131. The molecular formula is C24H31N3O.